The monoisotopic (exact) mass is 1150 g/mol. The summed E-state index contributed by atoms with van der Waals surface area (Å²) in [6.07, 6.45) is 28.8. The molecule has 0 radical (unpaired) electrons. The van der Waals surface area contributed by atoms with E-state index in [4.69, 9.17) is 9.47 Å². The SMILES string of the molecule is Cc1cn(CCCCOC(=O)[C@]23CCC(C)(C)C[C@H]2C2=CCC4[C@@]5(C)CC[C@H](O)C(C)(C)C5CC[C@@]4(C)[C@]2(C)CC3)c(=O)n(CCCCOC(=O)[C@]23CCC(C)(C)C[C@H]2C2=CCC4[C@@]5(C)CC[C@H](O)C(C)(C)C5CC[C@@]4(C)[C@]2(C)CC3)c1=O. The third-order valence-electron chi connectivity index (χ3n) is 29.5. The topological polar surface area (TPSA) is 137 Å². The van der Waals surface area contributed by atoms with Crippen molar-refractivity contribution in [3.8, 4) is 0 Å². The van der Waals surface area contributed by atoms with E-state index in [-0.39, 0.29) is 115 Å². The summed E-state index contributed by atoms with van der Waals surface area (Å²) in [7, 11) is 0. The number of unbranched alkanes of at least 4 members (excludes halogenated alkanes) is 2. The number of nitrogens with zero attached hydrogens (tertiary/aromatic N) is 2. The van der Waals surface area contributed by atoms with Gasteiger partial charge in [0.05, 0.1) is 36.3 Å². The van der Waals surface area contributed by atoms with Crippen molar-refractivity contribution in [3.63, 3.8) is 0 Å². The van der Waals surface area contributed by atoms with Crippen LogP contribution in [0.3, 0.4) is 0 Å². The highest BCUT2D eigenvalue weighted by Crippen LogP contribution is 2.78. The highest BCUT2D eigenvalue weighted by molar-refractivity contribution is 5.79. The predicted molar refractivity (Wildman–Crippen MR) is 330 cm³/mol. The molecule has 0 saturated heterocycles. The lowest BCUT2D eigenvalue weighted by molar-refractivity contribution is -0.206. The van der Waals surface area contributed by atoms with Crippen molar-refractivity contribution >= 4 is 11.9 Å². The number of hydrogen-bond acceptors (Lipinski definition) is 8. The van der Waals surface area contributed by atoms with E-state index in [0.29, 0.717) is 68.1 Å². The number of rotatable bonds is 12. The third kappa shape index (κ3) is 9.10. The van der Waals surface area contributed by atoms with E-state index in [1.807, 2.05) is 0 Å². The van der Waals surface area contributed by atoms with Crippen LogP contribution in [0.4, 0.5) is 0 Å². The van der Waals surface area contributed by atoms with Gasteiger partial charge in [-0.1, -0.05) is 120 Å². The molecule has 0 amide bonds. The van der Waals surface area contributed by atoms with Crippen molar-refractivity contribution in [2.24, 2.45) is 100 Å². The van der Waals surface area contributed by atoms with Crippen molar-refractivity contribution in [3.05, 3.63) is 55.9 Å². The summed E-state index contributed by atoms with van der Waals surface area (Å²) in [4.78, 5) is 57.1. The minimum Gasteiger partial charge on any atom is -0.465 e. The number of aromatic nitrogens is 2. The van der Waals surface area contributed by atoms with Gasteiger partial charge in [0.1, 0.15) is 0 Å². The second-order valence-corrected chi connectivity index (χ2v) is 34.9. The lowest BCUT2D eigenvalue weighted by Crippen LogP contribution is -2.65. The number of aryl methyl sites for hydroxylation is 2. The Balaban J connectivity index is 0.701. The van der Waals surface area contributed by atoms with E-state index in [1.165, 1.54) is 22.1 Å². The van der Waals surface area contributed by atoms with Crippen LogP contribution in [-0.2, 0) is 32.2 Å². The highest BCUT2D eigenvalue weighted by Gasteiger charge is 2.72. The molecule has 464 valence electrons. The van der Waals surface area contributed by atoms with Gasteiger partial charge in [0.2, 0.25) is 0 Å². The van der Waals surface area contributed by atoms with Gasteiger partial charge in [-0.05, 0) is 251 Å². The van der Waals surface area contributed by atoms with E-state index >= 15 is 0 Å². The molecular weight excluding hydrogens is 1030 g/mol. The largest absolute Gasteiger partial charge is 0.465 e. The van der Waals surface area contributed by atoms with Crippen LogP contribution in [0, 0.1) is 107 Å². The van der Waals surface area contributed by atoms with E-state index in [0.717, 1.165) is 122 Å². The maximum atomic E-state index is 14.8. The quantitative estimate of drug-likeness (QED) is 0.120. The molecule has 1 aromatic heterocycles. The average Bonchev–Trinajstić information content (AvgIpc) is 1.12. The van der Waals surface area contributed by atoms with Crippen LogP contribution in [0.1, 0.15) is 257 Å². The summed E-state index contributed by atoms with van der Waals surface area (Å²) in [5.41, 5.74) is 2.58. The Morgan fingerprint density at radius 1 is 0.518 bits per heavy atom. The van der Waals surface area contributed by atoms with Crippen LogP contribution in [0.25, 0.3) is 0 Å². The lowest BCUT2D eigenvalue weighted by atomic mass is 9.33. The first-order valence-electron chi connectivity index (χ1n) is 34.1. The minimum absolute atomic E-state index is 0.00254. The fourth-order valence-corrected chi connectivity index (χ4v) is 23.7. The van der Waals surface area contributed by atoms with E-state index < -0.39 is 10.8 Å². The van der Waals surface area contributed by atoms with Crippen molar-refractivity contribution in [2.75, 3.05) is 13.2 Å². The molecule has 8 fully saturated rings. The Labute approximate surface area is 500 Å². The number of ether oxygens (including phenoxy) is 2. The van der Waals surface area contributed by atoms with Gasteiger partial charge in [-0.3, -0.25) is 19.0 Å². The van der Waals surface area contributed by atoms with E-state index in [2.05, 4.69) is 109 Å². The molecule has 10 aliphatic carbocycles. The summed E-state index contributed by atoms with van der Waals surface area (Å²) in [6.45, 7) is 37.3. The second kappa shape index (κ2) is 20.5. The minimum atomic E-state index is -0.539. The molecular formula is C73H114N2O8. The number of allylic oxidation sites excluding steroid dienone is 4. The Bertz CT molecular complexity index is 2900. The van der Waals surface area contributed by atoms with Crippen LogP contribution in [0.5, 0.6) is 0 Å². The number of carbonyl (C=O) groups excluding carboxylic acids is 2. The Hall–Kier alpha value is -2.98. The average molecular weight is 1150 g/mol. The van der Waals surface area contributed by atoms with Crippen LogP contribution >= 0.6 is 0 Å². The van der Waals surface area contributed by atoms with Gasteiger partial charge in [0.15, 0.2) is 0 Å². The predicted octanol–water partition coefficient (Wildman–Crippen LogP) is 15.3. The van der Waals surface area contributed by atoms with Crippen molar-refractivity contribution in [2.45, 2.75) is 283 Å². The van der Waals surface area contributed by atoms with E-state index in [9.17, 15) is 29.4 Å². The molecule has 4 unspecified atom stereocenters. The van der Waals surface area contributed by atoms with Gasteiger partial charge in [-0.2, -0.15) is 0 Å². The van der Waals surface area contributed by atoms with Crippen LogP contribution in [0.2, 0.25) is 0 Å². The molecule has 16 atom stereocenters. The summed E-state index contributed by atoms with van der Waals surface area (Å²) < 4.78 is 15.8. The molecule has 2 N–H and O–H groups in total. The number of carbonyl (C=O) groups is 2. The standard InChI is InChI=1S/C73H114N2O8/c1-47-46-74(40-16-18-42-82-59(79)72-36-32-62(2,3)44-50(72)48-20-22-54-66(10)28-26-56(76)64(6,7)52(66)24-30-70(54,14)68(48,12)34-38-72)61(81)75(58(47)78)41-17-19-43-83-60(80)73-37-33-63(4,5)45-51(73)49-21-23-55-67(11)29-27-57(77)65(8,9)53(67)25-31-71(55,15)69(49,13)35-39-73/h20-21,46,50-57,76-77H,16-19,22-45H2,1-15H3/t50-,51-,52?,53?,54?,55?,56-,57-,66-,67-,68+,69+,70+,71+,72-,73-/m0/s1. The van der Waals surface area contributed by atoms with Crippen molar-refractivity contribution in [1.82, 2.24) is 9.13 Å². The molecule has 10 heteroatoms. The van der Waals surface area contributed by atoms with Gasteiger partial charge in [0.25, 0.3) is 5.56 Å². The highest BCUT2D eigenvalue weighted by atomic mass is 16.5. The second-order valence-electron chi connectivity index (χ2n) is 34.9. The number of esters is 2. The van der Waals surface area contributed by atoms with Gasteiger partial charge in [-0.25, -0.2) is 4.79 Å². The van der Waals surface area contributed by atoms with Gasteiger partial charge < -0.3 is 24.3 Å². The smallest absolute Gasteiger partial charge is 0.330 e. The summed E-state index contributed by atoms with van der Waals surface area (Å²) in [6, 6.07) is 0. The van der Waals surface area contributed by atoms with Gasteiger partial charge in [0, 0.05) is 24.8 Å². The molecule has 1 heterocycles. The zero-order chi connectivity index (χ0) is 60.1. The molecule has 10 aliphatic rings. The van der Waals surface area contributed by atoms with Crippen molar-refractivity contribution in [1.29, 1.82) is 0 Å². The van der Waals surface area contributed by atoms with Crippen LogP contribution < -0.4 is 11.2 Å². The number of hydrogen-bond donors (Lipinski definition) is 2. The van der Waals surface area contributed by atoms with Crippen molar-refractivity contribution < 1.29 is 29.3 Å². The van der Waals surface area contributed by atoms with Gasteiger partial charge in [-0.15, -0.1) is 0 Å². The fourth-order valence-electron chi connectivity index (χ4n) is 23.7. The summed E-state index contributed by atoms with van der Waals surface area (Å²) >= 11 is 0. The number of fused-ring (bicyclic) bond motifs is 14. The normalized spacial score (nSPS) is 44.3. The van der Waals surface area contributed by atoms with E-state index in [1.54, 1.807) is 17.7 Å². The first-order valence-corrected chi connectivity index (χ1v) is 34.1. The Morgan fingerprint density at radius 3 is 1.36 bits per heavy atom. The Kier molecular flexibility index (Phi) is 15.3. The molecule has 83 heavy (non-hydrogen) atoms. The Morgan fingerprint density at radius 2 is 0.928 bits per heavy atom. The first-order chi connectivity index (χ1) is 38.6. The number of aliphatic hydroxyl groups is 2. The molecule has 1 aromatic rings. The first kappa shape index (κ1) is 61.7. The molecule has 11 rings (SSSR count). The summed E-state index contributed by atoms with van der Waals surface area (Å²) in [5.74, 6) is 2.31. The molecule has 10 nitrogen and oxygen atoms in total. The van der Waals surface area contributed by atoms with Gasteiger partial charge >= 0.3 is 17.6 Å². The molecule has 0 bridgehead atoms. The molecule has 8 saturated carbocycles. The molecule has 0 spiro atoms. The summed E-state index contributed by atoms with van der Waals surface area (Å²) in [5, 5.41) is 22.4. The lowest BCUT2D eigenvalue weighted by Gasteiger charge is -2.71. The molecule has 0 aliphatic heterocycles. The maximum absolute atomic E-state index is 14.8. The zero-order valence-corrected chi connectivity index (χ0v) is 54.9. The zero-order valence-electron chi connectivity index (χ0n) is 54.9. The maximum Gasteiger partial charge on any atom is 0.330 e. The fraction of sp³-hybridized carbons (Fsp3) is 0.863. The van der Waals surface area contributed by atoms with Crippen LogP contribution in [-0.4, -0.2) is 56.7 Å². The van der Waals surface area contributed by atoms with Crippen LogP contribution in [0.15, 0.2) is 39.1 Å². The third-order valence-corrected chi connectivity index (χ3v) is 29.5. The molecule has 0 aromatic carbocycles. The number of aliphatic hydroxyl groups excluding tert-OH is 2.